The first-order valence-corrected chi connectivity index (χ1v) is 12.6. The van der Waals surface area contributed by atoms with Crippen LogP contribution in [0.5, 0.6) is 17.2 Å². The Balaban J connectivity index is 1.78. The highest BCUT2D eigenvalue weighted by Crippen LogP contribution is 2.26. The third kappa shape index (κ3) is 6.66. The van der Waals surface area contributed by atoms with Crippen molar-refractivity contribution in [2.24, 2.45) is 0 Å². The van der Waals surface area contributed by atoms with Crippen LogP contribution in [0.15, 0.2) is 77.7 Å². The van der Waals surface area contributed by atoms with Gasteiger partial charge in [-0.15, -0.1) is 0 Å². The lowest BCUT2D eigenvalue weighted by molar-refractivity contribution is 0.187. The molecule has 9 heteroatoms. The van der Waals surface area contributed by atoms with Crippen molar-refractivity contribution in [3.8, 4) is 17.2 Å². The van der Waals surface area contributed by atoms with Gasteiger partial charge in [0.25, 0.3) is 0 Å². The molecule has 35 heavy (non-hydrogen) atoms. The summed E-state index contributed by atoms with van der Waals surface area (Å²) >= 11 is 0. The van der Waals surface area contributed by atoms with E-state index >= 15 is 0 Å². The van der Waals surface area contributed by atoms with Crippen molar-refractivity contribution < 1.29 is 26.9 Å². The first-order valence-electron chi connectivity index (χ1n) is 11.2. The van der Waals surface area contributed by atoms with E-state index in [9.17, 15) is 13.2 Å². The quantitative estimate of drug-likeness (QED) is 0.381. The number of benzene rings is 3. The predicted molar refractivity (Wildman–Crippen MR) is 135 cm³/mol. The van der Waals surface area contributed by atoms with Crippen molar-refractivity contribution in [1.82, 2.24) is 4.90 Å². The molecule has 8 nitrogen and oxygen atoms in total. The first-order chi connectivity index (χ1) is 16.8. The van der Waals surface area contributed by atoms with Crippen LogP contribution in [0.25, 0.3) is 0 Å². The van der Waals surface area contributed by atoms with Crippen LogP contribution >= 0.6 is 0 Å². The van der Waals surface area contributed by atoms with Gasteiger partial charge < -0.3 is 23.9 Å². The zero-order chi connectivity index (χ0) is 25.4. The molecule has 0 fully saturated rings. The van der Waals surface area contributed by atoms with E-state index in [1.54, 1.807) is 54.5 Å². The molecule has 0 saturated heterocycles. The fourth-order valence-electron chi connectivity index (χ4n) is 3.39. The maximum atomic E-state index is 13.2. The molecule has 3 aromatic rings. The lowest BCUT2D eigenvalue weighted by Crippen LogP contribution is -2.40. The largest absolute Gasteiger partial charge is 0.497 e. The van der Waals surface area contributed by atoms with Crippen LogP contribution in [0.4, 0.5) is 10.5 Å². The maximum absolute atomic E-state index is 13.2. The van der Waals surface area contributed by atoms with Gasteiger partial charge in [-0.05, 0) is 67.4 Å². The molecule has 3 aromatic carbocycles. The first kappa shape index (κ1) is 25.9. The Bertz CT molecular complexity index is 1240. The Morgan fingerprint density at radius 1 is 0.943 bits per heavy atom. The molecule has 0 aliphatic heterocycles. The van der Waals surface area contributed by atoms with E-state index in [2.05, 4.69) is 5.32 Å². The molecular weight excluding hydrogens is 468 g/mol. The number of para-hydroxylation sites is 2. The maximum Gasteiger partial charge on any atom is 0.339 e. The molecule has 0 saturated carbocycles. The number of methoxy groups -OCH3 is 2. The van der Waals surface area contributed by atoms with Crippen LogP contribution in [0.2, 0.25) is 0 Å². The van der Waals surface area contributed by atoms with Crippen molar-refractivity contribution in [3.05, 3.63) is 78.4 Å². The summed E-state index contributed by atoms with van der Waals surface area (Å²) in [5, 5.41) is 2.91. The second-order valence-corrected chi connectivity index (χ2v) is 9.42. The fourth-order valence-corrected chi connectivity index (χ4v) is 4.32. The van der Waals surface area contributed by atoms with Gasteiger partial charge in [0.2, 0.25) is 0 Å². The number of rotatable bonds is 10. The van der Waals surface area contributed by atoms with Crippen LogP contribution in [-0.2, 0) is 16.7 Å². The third-order valence-corrected chi connectivity index (χ3v) is 6.80. The van der Waals surface area contributed by atoms with E-state index in [-0.39, 0.29) is 29.3 Å². The van der Waals surface area contributed by atoms with Crippen molar-refractivity contribution in [2.75, 3.05) is 19.5 Å². The number of hydrogen-bond acceptors (Lipinski definition) is 6. The summed E-state index contributed by atoms with van der Waals surface area (Å²) in [6.45, 7) is 4.21. The number of nitrogens with one attached hydrogen (secondary N) is 1. The molecule has 1 atom stereocenters. The molecule has 0 radical (unpaired) electrons. The molecule has 0 heterocycles. The van der Waals surface area contributed by atoms with Crippen LogP contribution < -0.4 is 19.0 Å². The van der Waals surface area contributed by atoms with Gasteiger partial charge in [-0.25, -0.2) is 4.79 Å². The monoisotopic (exact) mass is 498 g/mol. The zero-order valence-corrected chi connectivity index (χ0v) is 21.0. The van der Waals surface area contributed by atoms with E-state index in [4.69, 9.17) is 13.7 Å². The Hall–Kier alpha value is -3.72. The lowest BCUT2D eigenvalue weighted by atomic mass is 10.1. The van der Waals surface area contributed by atoms with Gasteiger partial charge in [0.1, 0.15) is 22.1 Å². The highest BCUT2D eigenvalue weighted by atomic mass is 32.2. The second kappa shape index (κ2) is 11.6. The number of urea groups is 1. The topological polar surface area (TPSA) is 94.2 Å². The molecule has 1 N–H and O–H groups in total. The smallest absolute Gasteiger partial charge is 0.339 e. The minimum atomic E-state index is -4.03. The fraction of sp³-hybridized carbons (Fsp3) is 0.269. The number of amides is 2. The van der Waals surface area contributed by atoms with E-state index in [1.165, 1.54) is 19.2 Å². The lowest BCUT2D eigenvalue weighted by Gasteiger charge is -2.29. The number of carbonyl (C=O) groups excluding carboxylic acids is 1. The van der Waals surface area contributed by atoms with Crippen LogP contribution in [0, 0.1) is 0 Å². The number of ether oxygens (including phenoxy) is 2. The molecular formula is C26H30N2O6S. The van der Waals surface area contributed by atoms with Gasteiger partial charge in [-0.1, -0.05) is 31.2 Å². The van der Waals surface area contributed by atoms with E-state index in [0.717, 1.165) is 12.0 Å². The summed E-state index contributed by atoms with van der Waals surface area (Å²) in [5.74, 6) is 1.26. The summed E-state index contributed by atoms with van der Waals surface area (Å²) in [4.78, 5) is 14.9. The standard InChI is InChI=1S/C26H30N2O6S/c1-5-19(2)28(26(29)27-24-11-6-7-12-25(24)33-4)18-20-9-8-10-22(17-20)34-35(30,31)23-15-13-21(32-3)14-16-23/h6-17,19H,5,18H2,1-4H3,(H,27,29). The SMILES string of the molecule is CCC(C)N(Cc1cccc(OS(=O)(=O)c2ccc(OC)cc2)c1)C(=O)Nc1ccccc1OC. The molecule has 3 rings (SSSR count). The average Bonchev–Trinajstić information content (AvgIpc) is 2.87. The number of hydrogen-bond donors (Lipinski definition) is 1. The van der Waals surface area contributed by atoms with Crippen molar-refractivity contribution >= 4 is 21.8 Å². The molecule has 0 aliphatic rings. The van der Waals surface area contributed by atoms with Crippen LogP contribution in [0.1, 0.15) is 25.8 Å². The third-order valence-electron chi connectivity index (χ3n) is 5.54. The Kier molecular flexibility index (Phi) is 8.59. The van der Waals surface area contributed by atoms with E-state index in [1.807, 2.05) is 32.0 Å². The number of nitrogens with zero attached hydrogens (tertiary/aromatic N) is 1. The van der Waals surface area contributed by atoms with Gasteiger partial charge in [-0.3, -0.25) is 0 Å². The van der Waals surface area contributed by atoms with E-state index in [0.29, 0.717) is 17.2 Å². The van der Waals surface area contributed by atoms with Gasteiger partial charge in [0.15, 0.2) is 0 Å². The second-order valence-electron chi connectivity index (χ2n) is 7.88. The van der Waals surface area contributed by atoms with Gasteiger partial charge >= 0.3 is 16.1 Å². The highest BCUT2D eigenvalue weighted by Gasteiger charge is 2.22. The van der Waals surface area contributed by atoms with Crippen molar-refractivity contribution in [1.29, 1.82) is 0 Å². The summed E-state index contributed by atoms with van der Waals surface area (Å²) in [7, 11) is -0.982. The molecule has 0 aliphatic carbocycles. The molecule has 0 bridgehead atoms. The Labute approximate surface area is 206 Å². The summed E-state index contributed by atoms with van der Waals surface area (Å²) in [6.07, 6.45) is 0.737. The summed E-state index contributed by atoms with van der Waals surface area (Å²) in [5.41, 5.74) is 1.29. The van der Waals surface area contributed by atoms with Crippen molar-refractivity contribution in [2.45, 2.75) is 37.8 Å². The normalized spacial score (nSPS) is 11.9. The summed E-state index contributed by atoms with van der Waals surface area (Å²) in [6, 6.07) is 19.5. The minimum absolute atomic E-state index is 0.0149. The van der Waals surface area contributed by atoms with Gasteiger partial charge in [0.05, 0.1) is 19.9 Å². The van der Waals surface area contributed by atoms with Crippen LogP contribution in [0.3, 0.4) is 0 Å². The molecule has 0 spiro atoms. The number of carbonyl (C=O) groups is 1. The minimum Gasteiger partial charge on any atom is -0.497 e. The van der Waals surface area contributed by atoms with Crippen LogP contribution in [-0.4, -0.2) is 39.6 Å². The Morgan fingerprint density at radius 2 is 1.66 bits per heavy atom. The molecule has 2 amide bonds. The molecule has 186 valence electrons. The molecule has 0 aromatic heterocycles. The predicted octanol–water partition coefficient (Wildman–Crippen LogP) is 5.30. The summed E-state index contributed by atoms with van der Waals surface area (Å²) < 4.78 is 41.2. The average molecular weight is 499 g/mol. The van der Waals surface area contributed by atoms with Crippen molar-refractivity contribution in [3.63, 3.8) is 0 Å². The highest BCUT2D eigenvalue weighted by molar-refractivity contribution is 7.87. The Morgan fingerprint density at radius 3 is 2.31 bits per heavy atom. The number of anilines is 1. The van der Waals surface area contributed by atoms with Gasteiger partial charge in [-0.2, -0.15) is 8.42 Å². The zero-order valence-electron chi connectivity index (χ0n) is 20.2. The molecule has 1 unspecified atom stereocenters. The van der Waals surface area contributed by atoms with Gasteiger partial charge in [0, 0.05) is 12.6 Å². The van der Waals surface area contributed by atoms with E-state index < -0.39 is 10.1 Å².